The summed E-state index contributed by atoms with van der Waals surface area (Å²) in [6.07, 6.45) is 2.87. The number of rotatable bonds is 3. The van der Waals surface area contributed by atoms with Crippen molar-refractivity contribution in [2.24, 2.45) is 0 Å². The van der Waals surface area contributed by atoms with Gasteiger partial charge >= 0.3 is 5.97 Å². The number of benzene rings is 1. The average molecular weight is 304 g/mol. The summed E-state index contributed by atoms with van der Waals surface area (Å²) in [4.78, 5) is 24.4. The molecule has 1 aromatic carbocycles. The van der Waals surface area contributed by atoms with Crippen LogP contribution in [0.2, 0.25) is 0 Å². The van der Waals surface area contributed by atoms with Crippen molar-refractivity contribution >= 4 is 11.9 Å². The minimum Gasteiger partial charge on any atom is -0.479 e. The molecule has 8 heteroatoms. The quantitative estimate of drug-likeness (QED) is 0.910. The van der Waals surface area contributed by atoms with Gasteiger partial charge in [0.25, 0.3) is 5.91 Å². The Labute approximate surface area is 125 Å². The Kier molecular flexibility index (Phi) is 3.36. The molecule has 0 saturated carbocycles. The van der Waals surface area contributed by atoms with Crippen LogP contribution < -0.4 is 0 Å². The van der Waals surface area contributed by atoms with Gasteiger partial charge < -0.3 is 10.0 Å². The number of hydrogen-bond donors (Lipinski definition) is 1. The number of halogens is 1. The van der Waals surface area contributed by atoms with E-state index in [2.05, 4.69) is 10.2 Å². The summed E-state index contributed by atoms with van der Waals surface area (Å²) in [5.41, 5.74) is -1.18. The number of aromatic nitrogens is 3. The van der Waals surface area contributed by atoms with E-state index in [1.54, 1.807) is 28.8 Å². The molecule has 1 unspecified atom stereocenters. The summed E-state index contributed by atoms with van der Waals surface area (Å²) in [6.45, 7) is -0.330. The molecule has 1 aromatic heterocycles. The third kappa shape index (κ3) is 2.43. The number of likely N-dealkylation sites (tertiary alicyclic amines) is 1. The van der Waals surface area contributed by atoms with Crippen molar-refractivity contribution < 1.29 is 19.1 Å². The standard InChI is InChI=1S/C14H13FN4O3/c15-14(13(21)22)5-6-18(7-14)12(20)10-1-3-11(4-2-10)19-8-16-17-9-19/h1-4,8-9H,5-7H2,(H,21,22). The molecule has 0 spiro atoms. The van der Waals surface area contributed by atoms with Gasteiger partial charge in [-0.15, -0.1) is 10.2 Å². The van der Waals surface area contributed by atoms with Crippen molar-refractivity contribution in [1.29, 1.82) is 0 Å². The first-order chi connectivity index (χ1) is 10.5. The van der Waals surface area contributed by atoms with Gasteiger partial charge in [-0.25, -0.2) is 9.18 Å². The van der Waals surface area contributed by atoms with Crippen LogP contribution in [0, 0.1) is 0 Å². The Morgan fingerprint density at radius 1 is 1.18 bits per heavy atom. The van der Waals surface area contributed by atoms with Crippen molar-refractivity contribution in [3.05, 3.63) is 42.5 Å². The molecule has 3 rings (SSSR count). The summed E-state index contributed by atoms with van der Waals surface area (Å²) in [6, 6.07) is 6.65. The predicted octanol–water partition coefficient (Wildman–Crippen LogP) is 0.906. The van der Waals surface area contributed by atoms with Gasteiger partial charge in [-0.1, -0.05) is 0 Å². The van der Waals surface area contributed by atoms with Crippen molar-refractivity contribution in [3.63, 3.8) is 0 Å². The number of carbonyl (C=O) groups excluding carboxylic acids is 1. The molecule has 0 radical (unpaired) electrons. The van der Waals surface area contributed by atoms with E-state index in [-0.39, 0.29) is 18.9 Å². The SMILES string of the molecule is O=C(c1ccc(-n2cnnc2)cc1)N1CCC(F)(C(=O)O)C1. The Balaban J connectivity index is 1.75. The number of carboxylic acid groups (broad SMARTS) is 1. The smallest absolute Gasteiger partial charge is 0.343 e. The largest absolute Gasteiger partial charge is 0.479 e. The molecule has 0 bridgehead atoms. The van der Waals surface area contributed by atoms with Crippen LogP contribution in [-0.4, -0.2) is 55.4 Å². The molecule has 114 valence electrons. The summed E-state index contributed by atoms with van der Waals surface area (Å²) < 4.78 is 15.7. The summed E-state index contributed by atoms with van der Waals surface area (Å²) in [5.74, 6) is -1.90. The van der Waals surface area contributed by atoms with Crippen LogP contribution in [0.25, 0.3) is 5.69 Å². The van der Waals surface area contributed by atoms with E-state index in [4.69, 9.17) is 5.11 Å². The lowest BCUT2D eigenvalue weighted by molar-refractivity contribution is -0.149. The lowest BCUT2D eigenvalue weighted by Crippen LogP contribution is -2.38. The number of aliphatic carboxylic acids is 1. The van der Waals surface area contributed by atoms with Gasteiger partial charge in [-0.05, 0) is 24.3 Å². The highest BCUT2D eigenvalue weighted by molar-refractivity contribution is 5.95. The molecular formula is C14H13FN4O3. The number of carboxylic acids is 1. The summed E-state index contributed by atoms with van der Waals surface area (Å²) in [5, 5.41) is 16.2. The zero-order valence-corrected chi connectivity index (χ0v) is 11.5. The normalized spacial score (nSPS) is 21.0. The van der Waals surface area contributed by atoms with Crippen LogP contribution in [0.3, 0.4) is 0 Å². The van der Waals surface area contributed by atoms with Gasteiger partial charge in [-0.3, -0.25) is 9.36 Å². The first-order valence-electron chi connectivity index (χ1n) is 6.66. The Morgan fingerprint density at radius 3 is 2.36 bits per heavy atom. The molecule has 1 aliphatic heterocycles. The van der Waals surface area contributed by atoms with Crippen LogP contribution >= 0.6 is 0 Å². The monoisotopic (exact) mass is 304 g/mol. The van der Waals surface area contributed by atoms with Gasteiger partial charge in [-0.2, -0.15) is 0 Å². The zero-order chi connectivity index (χ0) is 15.7. The lowest BCUT2D eigenvalue weighted by atomic mass is 10.1. The first kappa shape index (κ1) is 14.2. The van der Waals surface area contributed by atoms with Gasteiger partial charge in [0.05, 0.1) is 6.54 Å². The minimum atomic E-state index is -2.35. The fourth-order valence-electron chi connectivity index (χ4n) is 2.41. The second kappa shape index (κ2) is 5.21. The van der Waals surface area contributed by atoms with E-state index in [9.17, 15) is 14.0 Å². The van der Waals surface area contributed by atoms with Gasteiger partial charge in [0.2, 0.25) is 5.67 Å². The maximum atomic E-state index is 14.0. The summed E-state index contributed by atoms with van der Waals surface area (Å²) >= 11 is 0. The van der Waals surface area contributed by atoms with Crippen molar-refractivity contribution in [3.8, 4) is 5.69 Å². The maximum absolute atomic E-state index is 14.0. The predicted molar refractivity (Wildman–Crippen MR) is 73.4 cm³/mol. The fraction of sp³-hybridized carbons (Fsp3) is 0.286. The maximum Gasteiger partial charge on any atom is 0.343 e. The van der Waals surface area contributed by atoms with Crippen LogP contribution in [0.15, 0.2) is 36.9 Å². The molecule has 7 nitrogen and oxygen atoms in total. The van der Waals surface area contributed by atoms with Gasteiger partial charge in [0.1, 0.15) is 12.7 Å². The highest BCUT2D eigenvalue weighted by atomic mass is 19.1. The van der Waals surface area contributed by atoms with Crippen LogP contribution in [0.1, 0.15) is 16.8 Å². The number of alkyl halides is 1. The third-order valence-corrected chi connectivity index (χ3v) is 3.72. The lowest BCUT2D eigenvalue weighted by Gasteiger charge is -2.18. The molecule has 2 aromatic rings. The van der Waals surface area contributed by atoms with Crippen molar-refractivity contribution in [2.45, 2.75) is 12.1 Å². The molecule has 1 N–H and O–H groups in total. The van der Waals surface area contributed by atoms with E-state index in [0.29, 0.717) is 5.56 Å². The second-order valence-electron chi connectivity index (χ2n) is 5.16. The molecule has 22 heavy (non-hydrogen) atoms. The highest BCUT2D eigenvalue weighted by Gasteiger charge is 2.46. The Bertz CT molecular complexity index is 701. The molecule has 0 aliphatic carbocycles. The molecule has 1 fully saturated rings. The number of amides is 1. The average Bonchev–Trinajstić information content (AvgIpc) is 3.17. The van der Waals surface area contributed by atoms with E-state index in [1.165, 1.54) is 17.6 Å². The van der Waals surface area contributed by atoms with E-state index >= 15 is 0 Å². The van der Waals surface area contributed by atoms with Gasteiger partial charge in [0, 0.05) is 24.2 Å². The van der Waals surface area contributed by atoms with Gasteiger partial charge in [0.15, 0.2) is 0 Å². The van der Waals surface area contributed by atoms with Crippen LogP contribution in [0.4, 0.5) is 4.39 Å². The second-order valence-corrected chi connectivity index (χ2v) is 5.16. The zero-order valence-electron chi connectivity index (χ0n) is 11.5. The molecule has 2 heterocycles. The molecule has 1 atom stereocenters. The molecule has 1 saturated heterocycles. The third-order valence-electron chi connectivity index (χ3n) is 3.72. The Morgan fingerprint density at radius 2 is 1.82 bits per heavy atom. The van der Waals surface area contributed by atoms with E-state index in [1.807, 2.05) is 0 Å². The molecular weight excluding hydrogens is 291 g/mol. The fourth-order valence-corrected chi connectivity index (χ4v) is 2.41. The van der Waals surface area contributed by atoms with Crippen LogP contribution in [-0.2, 0) is 4.79 Å². The number of carbonyl (C=O) groups is 2. The Hall–Kier alpha value is -2.77. The number of nitrogens with zero attached hydrogens (tertiary/aromatic N) is 4. The topological polar surface area (TPSA) is 88.3 Å². The van der Waals surface area contributed by atoms with Crippen LogP contribution in [0.5, 0.6) is 0 Å². The highest BCUT2D eigenvalue weighted by Crippen LogP contribution is 2.27. The van der Waals surface area contributed by atoms with Crippen molar-refractivity contribution in [1.82, 2.24) is 19.7 Å². The molecule has 1 aliphatic rings. The molecule has 1 amide bonds. The summed E-state index contributed by atoms with van der Waals surface area (Å²) in [7, 11) is 0. The van der Waals surface area contributed by atoms with E-state index in [0.717, 1.165) is 5.69 Å². The first-order valence-corrected chi connectivity index (χ1v) is 6.66. The van der Waals surface area contributed by atoms with E-state index < -0.39 is 18.2 Å². The minimum absolute atomic E-state index is 0.0921. The number of hydrogen-bond acceptors (Lipinski definition) is 4. The van der Waals surface area contributed by atoms with Crippen molar-refractivity contribution in [2.75, 3.05) is 13.1 Å².